The molecule has 0 radical (unpaired) electrons. The Kier molecular flexibility index (Phi) is 6.82. The third-order valence-corrected chi connectivity index (χ3v) is 5.03. The van der Waals surface area contributed by atoms with E-state index in [1.165, 1.54) is 0 Å². The molecule has 0 aliphatic carbocycles. The molecule has 0 saturated heterocycles. The largest absolute Gasteiger partial charge is 0.494 e. The van der Waals surface area contributed by atoms with Crippen molar-refractivity contribution in [2.75, 3.05) is 13.2 Å². The van der Waals surface area contributed by atoms with Gasteiger partial charge in [0, 0.05) is 0 Å². The van der Waals surface area contributed by atoms with Gasteiger partial charge in [-0.15, -0.1) is 0 Å². The van der Waals surface area contributed by atoms with E-state index in [1.54, 1.807) is 6.07 Å². The summed E-state index contributed by atoms with van der Waals surface area (Å²) in [5.74, 6) is 0.875. The van der Waals surface area contributed by atoms with E-state index in [-0.39, 0.29) is 23.1 Å². The van der Waals surface area contributed by atoms with Gasteiger partial charge in [0.15, 0.2) is 0 Å². The molecule has 0 saturated carbocycles. The Balaban J connectivity index is 2.43. The maximum Gasteiger partial charge on any atom is 0.126 e. The van der Waals surface area contributed by atoms with Crippen LogP contribution in [0.5, 0.6) is 5.75 Å². The zero-order chi connectivity index (χ0) is 19.3. The van der Waals surface area contributed by atoms with Crippen LogP contribution in [0, 0.1) is 5.82 Å². The molecule has 26 heavy (non-hydrogen) atoms. The molecule has 0 bridgehead atoms. The quantitative estimate of drug-likeness (QED) is 0.684. The van der Waals surface area contributed by atoms with Gasteiger partial charge in [-0.25, -0.2) is 4.39 Å². The summed E-state index contributed by atoms with van der Waals surface area (Å²) in [5, 5.41) is 0. The van der Waals surface area contributed by atoms with Crippen LogP contribution in [0.15, 0.2) is 42.5 Å². The summed E-state index contributed by atoms with van der Waals surface area (Å²) in [6.45, 7) is 11.7. The van der Waals surface area contributed by atoms with Crippen molar-refractivity contribution in [1.29, 1.82) is 0 Å². The molecule has 3 heteroatoms. The van der Waals surface area contributed by atoms with Crippen molar-refractivity contribution in [3.63, 3.8) is 0 Å². The number of nitrogens with two attached hydrogens (primary N) is 1. The molecular weight excluding hydrogens is 325 g/mol. The minimum absolute atomic E-state index is 0.0135. The summed E-state index contributed by atoms with van der Waals surface area (Å²) in [4.78, 5) is 0. The highest BCUT2D eigenvalue weighted by Crippen LogP contribution is 2.38. The SMILES string of the molecule is CCOc1cccc(C(CCN)C(C)c2cc(C(C)(C)C)ccc2F)c1. The first kappa shape index (κ1) is 20.4. The van der Waals surface area contributed by atoms with Crippen LogP contribution in [0.3, 0.4) is 0 Å². The van der Waals surface area contributed by atoms with Crippen LogP contribution >= 0.6 is 0 Å². The number of ether oxygens (including phenoxy) is 1. The van der Waals surface area contributed by atoms with Crippen molar-refractivity contribution in [2.45, 2.75) is 58.3 Å². The number of hydrogen-bond acceptors (Lipinski definition) is 2. The molecule has 2 unspecified atom stereocenters. The normalized spacial score (nSPS) is 14.1. The molecule has 0 fully saturated rings. The highest BCUT2D eigenvalue weighted by atomic mass is 19.1. The Labute approximate surface area is 157 Å². The van der Waals surface area contributed by atoms with Gasteiger partial charge in [-0.3, -0.25) is 0 Å². The Bertz CT molecular complexity index is 720. The van der Waals surface area contributed by atoms with Gasteiger partial charge in [-0.2, -0.15) is 0 Å². The number of halogens is 1. The Morgan fingerprint density at radius 3 is 2.46 bits per heavy atom. The topological polar surface area (TPSA) is 35.2 Å². The average Bonchev–Trinajstić information content (AvgIpc) is 2.59. The fraction of sp³-hybridized carbons (Fsp3) is 0.478. The zero-order valence-corrected chi connectivity index (χ0v) is 16.7. The van der Waals surface area contributed by atoms with Crippen molar-refractivity contribution in [3.05, 3.63) is 65.0 Å². The molecule has 2 N–H and O–H groups in total. The number of rotatable bonds is 7. The van der Waals surface area contributed by atoms with Crippen LogP contribution in [-0.2, 0) is 5.41 Å². The van der Waals surface area contributed by atoms with Gasteiger partial charge >= 0.3 is 0 Å². The first-order valence-electron chi connectivity index (χ1n) is 9.50. The van der Waals surface area contributed by atoms with Crippen LogP contribution in [0.4, 0.5) is 4.39 Å². The molecule has 2 aromatic rings. The van der Waals surface area contributed by atoms with Crippen molar-refractivity contribution in [3.8, 4) is 5.75 Å². The van der Waals surface area contributed by atoms with E-state index < -0.39 is 0 Å². The molecule has 0 aromatic heterocycles. The van der Waals surface area contributed by atoms with E-state index in [0.29, 0.717) is 13.2 Å². The maximum atomic E-state index is 14.7. The third kappa shape index (κ3) is 4.85. The lowest BCUT2D eigenvalue weighted by molar-refractivity contribution is 0.339. The van der Waals surface area contributed by atoms with Gasteiger partial charge < -0.3 is 10.5 Å². The molecule has 0 amide bonds. The van der Waals surface area contributed by atoms with Crippen LogP contribution in [0.25, 0.3) is 0 Å². The summed E-state index contributed by atoms with van der Waals surface area (Å²) in [7, 11) is 0. The smallest absolute Gasteiger partial charge is 0.126 e. The molecule has 0 aliphatic heterocycles. The predicted molar refractivity (Wildman–Crippen MR) is 108 cm³/mol. The van der Waals surface area contributed by atoms with Gasteiger partial charge in [0.25, 0.3) is 0 Å². The molecule has 2 rings (SSSR count). The van der Waals surface area contributed by atoms with E-state index >= 15 is 0 Å². The first-order chi connectivity index (χ1) is 12.3. The summed E-state index contributed by atoms with van der Waals surface area (Å²) in [6, 6.07) is 13.6. The van der Waals surface area contributed by atoms with Crippen LogP contribution in [0.1, 0.15) is 69.6 Å². The van der Waals surface area contributed by atoms with E-state index in [1.807, 2.05) is 31.2 Å². The highest BCUT2D eigenvalue weighted by Gasteiger charge is 2.25. The van der Waals surface area contributed by atoms with Crippen molar-refractivity contribution in [1.82, 2.24) is 0 Å². The van der Waals surface area contributed by atoms with Crippen molar-refractivity contribution in [2.24, 2.45) is 5.73 Å². The Morgan fingerprint density at radius 2 is 1.85 bits per heavy atom. The van der Waals surface area contributed by atoms with Crippen LogP contribution in [-0.4, -0.2) is 13.2 Å². The zero-order valence-electron chi connectivity index (χ0n) is 16.7. The first-order valence-corrected chi connectivity index (χ1v) is 9.50. The van der Waals surface area contributed by atoms with E-state index in [4.69, 9.17) is 10.5 Å². The summed E-state index contributed by atoms with van der Waals surface area (Å²) in [6.07, 6.45) is 0.802. The molecule has 2 atom stereocenters. The van der Waals surface area contributed by atoms with E-state index in [0.717, 1.165) is 28.9 Å². The summed E-state index contributed by atoms with van der Waals surface area (Å²) >= 11 is 0. The van der Waals surface area contributed by atoms with Gasteiger partial charge in [-0.1, -0.05) is 52.0 Å². The Morgan fingerprint density at radius 1 is 1.12 bits per heavy atom. The van der Waals surface area contributed by atoms with Gasteiger partial charge in [0.05, 0.1) is 6.61 Å². The number of benzene rings is 2. The maximum absolute atomic E-state index is 14.7. The van der Waals surface area contributed by atoms with Crippen molar-refractivity contribution < 1.29 is 9.13 Å². The Hall–Kier alpha value is -1.87. The monoisotopic (exact) mass is 357 g/mol. The van der Waals surface area contributed by atoms with Crippen LogP contribution < -0.4 is 10.5 Å². The van der Waals surface area contributed by atoms with Gasteiger partial charge in [0.1, 0.15) is 11.6 Å². The predicted octanol–water partition coefficient (Wildman–Crippen LogP) is 5.76. The highest BCUT2D eigenvalue weighted by molar-refractivity contribution is 5.37. The standard InChI is InChI=1S/C23H32FNO/c1-6-26-19-9-7-8-17(14-19)20(12-13-25)16(2)21-15-18(23(3,4)5)10-11-22(21)24/h7-11,14-16,20H,6,12-13,25H2,1-5H3. The third-order valence-electron chi connectivity index (χ3n) is 5.03. The second kappa shape index (κ2) is 8.68. The average molecular weight is 358 g/mol. The van der Waals surface area contributed by atoms with Crippen LogP contribution in [0.2, 0.25) is 0 Å². The summed E-state index contributed by atoms with van der Waals surface area (Å²) < 4.78 is 20.3. The lowest BCUT2D eigenvalue weighted by Crippen LogP contribution is -2.17. The lowest BCUT2D eigenvalue weighted by atomic mass is 9.78. The van der Waals surface area contributed by atoms with Gasteiger partial charge in [0.2, 0.25) is 0 Å². The molecule has 0 heterocycles. The molecule has 2 aromatic carbocycles. The number of hydrogen-bond donors (Lipinski definition) is 1. The minimum atomic E-state index is -0.145. The summed E-state index contributed by atoms with van der Waals surface area (Å²) in [5.41, 5.74) is 8.94. The van der Waals surface area contributed by atoms with E-state index in [9.17, 15) is 4.39 Å². The molecular formula is C23H32FNO. The lowest BCUT2D eigenvalue weighted by Gasteiger charge is -2.27. The second-order valence-corrected chi connectivity index (χ2v) is 7.96. The second-order valence-electron chi connectivity index (χ2n) is 7.96. The van der Waals surface area contributed by atoms with Crippen molar-refractivity contribution >= 4 is 0 Å². The fourth-order valence-corrected chi connectivity index (χ4v) is 3.46. The minimum Gasteiger partial charge on any atom is -0.494 e. The molecule has 0 aliphatic rings. The molecule has 0 spiro atoms. The van der Waals surface area contributed by atoms with Gasteiger partial charge in [-0.05, 0) is 72.0 Å². The molecule has 142 valence electrons. The fourth-order valence-electron chi connectivity index (χ4n) is 3.46. The molecule has 2 nitrogen and oxygen atoms in total. The van der Waals surface area contributed by atoms with E-state index in [2.05, 4.69) is 39.8 Å².